The largest absolute Gasteiger partial charge is 0.494 e. The quantitative estimate of drug-likeness (QED) is 0.820. The molecule has 0 atom stereocenters. The summed E-state index contributed by atoms with van der Waals surface area (Å²) in [5.74, 6) is 0.897. The molecule has 0 aromatic heterocycles. The predicted molar refractivity (Wildman–Crippen MR) is 68.7 cm³/mol. The topological polar surface area (TPSA) is 45.0 Å². The first-order chi connectivity index (χ1) is 8.07. The third-order valence-electron chi connectivity index (χ3n) is 2.43. The molecule has 17 heavy (non-hydrogen) atoms. The molecular formula is C14H20N2O. The molecule has 1 aromatic carbocycles. The number of nitrogens with zero attached hydrogens (tertiary/aromatic N) is 1. The number of nitriles is 1. The van der Waals surface area contributed by atoms with E-state index in [0.29, 0.717) is 13.2 Å². The van der Waals surface area contributed by atoms with Crippen molar-refractivity contribution in [1.82, 2.24) is 5.32 Å². The number of rotatable bonds is 6. The van der Waals surface area contributed by atoms with Gasteiger partial charge in [-0.25, -0.2) is 0 Å². The minimum absolute atomic E-state index is 0.314. The molecular weight excluding hydrogens is 212 g/mol. The van der Waals surface area contributed by atoms with E-state index in [9.17, 15) is 0 Å². The van der Waals surface area contributed by atoms with Crippen molar-refractivity contribution < 1.29 is 4.74 Å². The third kappa shape index (κ3) is 4.88. The van der Waals surface area contributed by atoms with Crippen molar-refractivity contribution in [2.75, 3.05) is 13.2 Å². The summed E-state index contributed by atoms with van der Waals surface area (Å²) in [5, 5.41) is 12.2. The molecule has 0 spiro atoms. The number of ether oxygens (including phenoxy) is 1. The number of nitrogens with one attached hydrogen (secondary N) is 1. The van der Waals surface area contributed by atoms with Crippen molar-refractivity contribution in [3.05, 3.63) is 29.8 Å². The maximum absolute atomic E-state index is 8.88. The maximum atomic E-state index is 8.88. The lowest BCUT2D eigenvalue weighted by Crippen LogP contribution is -2.27. The normalized spacial score (nSPS) is 10.9. The van der Waals surface area contributed by atoms with E-state index in [1.165, 1.54) is 5.56 Å². The van der Waals surface area contributed by atoms with Crippen LogP contribution in [-0.2, 0) is 6.54 Å². The Kier molecular flexibility index (Phi) is 4.99. The van der Waals surface area contributed by atoms with Crippen molar-refractivity contribution >= 4 is 0 Å². The van der Waals surface area contributed by atoms with E-state index in [-0.39, 0.29) is 5.41 Å². The zero-order chi connectivity index (χ0) is 12.7. The SMILES string of the molecule is CCOc1ccc(CNCC(C)(C)C#N)cc1. The molecule has 3 nitrogen and oxygen atoms in total. The molecule has 1 rings (SSSR count). The van der Waals surface area contributed by atoms with Gasteiger partial charge in [-0.3, -0.25) is 0 Å². The standard InChI is InChI=1S/C14H20N2O/c1-4-17-13-7-5-12(6-8-13)9-16-11-14(2,3)10-15/h5-8,16H,4,9,11H2,1-3H3. The highest BCUT2D eigenvalue weighted by atomic mass is 16.5. The fourth-order valence-corrected chi connectivity index (χ4v) is 1.43. The van der Waals surface area contributed by atoms with Crippen LogP contribution in [0.2, 0.25) is 0 Å². The first-order valence-electron chi connectivity index (χ1n) is 5.91. The van der Waals surface area contributed by atoms with Crippen LogP contribution in [0.25, 0.3) is 0 Å². The van der Waals surface area contributed by atoms with Gasteiger partial charge in [-0.2, -0.15) is 5.26 Å². The molecule has 0 aliphatic carbocycles. The van der Waals surface area contributed by atoms with Gasteiger partial charge in [-0.1, -0.05) is 12.1 Å². The Morgan fingerprint density at radius 3 is 2.47 bits per heavy atom. The summed E-state index contributed by atoms with van der Waals surface area (Å²) in [5.41, 5.74) is 0.882. The van der Waals surface area contributed by atoms with Crippen LogP contribution in [0.4, 0.5) is 0 Å². The number of benzene rings is 1. The highest BCUT2D eigenvalue weighted by molar-refractivity contribution is 5.27. The maximum Gasteiger partial charge on any atom is 0.119 e. The van der Waals surface area contributed by atoms with Gasteiger partial charge in [0.15, 0.2) is 0 Å². The zero-order valence-electron chi connectivity index (χ0n) is 10.8. The molecule has 0 radical (unpaired) electrons. The summed E-state index contributed by atoms with van der Waals surface area (Å²) < 4.78 is 5.37. The van der Waals surface area contributed by atoms with E-state index in [0.717, 1.165) is 12.3 Å². The smallest absolute Gasteiger partial charge is 0.119 e. The molecule has 0 aliphatic heterocycles. The molecule has 1 N–H and O–H groups in total. The monoisotopic (exact) mass is 232 g/mol. The average molecular weight is 232 g/mol. The van der Waals surface area contributed by atoms with Crippen molar-refractivity contribution in [3.63, 3.8) is 0 Å². The summed E-state index contributed by atoms with van der Waals surface area (Å²) in [7, 11) is 0. The summed E-state index contributed by atoms with van der Waals surface area (Å²) in [6.07, 6.45) is 0. The third-order valence-corrected chi connectivity index (χ3v) is 2.43. The summed E-state index contributed by atoms with van der Waals surface area (Å²) in [6.45, 7) is 7.98. The molecule has 0 fully saturated rings. The van der Waals surface area contributed by atoms with Crippen LogP contribution in [0.1, 0.15) is 26.3 Å². The van der Waals surface area contributed by atoms with Crippen LogP contribution in [-0.4, -0.2) is 13.2 Å². The Hall–Kier alpha value is -1.53. The van der Waals surface area contributed by atoms with E-state index < -0.39 is 0 Å². The lowest BCUT2D eigenvalue weighted by molar-refractivity contribution is 0.340. The van der Waals surface area contributed by atoms with Gasteiger partial charge in [0.25, 0.3) is 0 Å². The summed E-state index contributed by atoms with van der Waals surface area (Å²) in [4.78, 5) is 0. The molecule has 0 aliphatic rings. The predicted octanol–water partition coefficient (Wildman–Crippen LogP) is 2.72. The molecule has 0 saturated heterocycles. The molecule has 0 saturated carbocycles. The van der Waals surface area contributed by atoms with Gasteiger partial charge in [-0.15, -0.1) is 0 Å². The average Bonchev–Trinajstić information content (AvgIpc) is 2.32. The van der Waals surface area contributed by atoms with E-state index >= 15 is 0 Å². The Morgan fingerprint density at radius 2 is 1.94 bits per heavy atom. The van der Waals surface area contributed by atoms with E-state index in [4.69, 9.17) is 10.00 Å². The highest BCUT2D eigenvalue weighted by Crippen LogP contribution is 2.13. The second-order valence-corrected chi connectivity index (χ2v) is 4.68. The Morgan fingerprint density at radius 1 is 1.29 bits per heavy atom. The van der Waals surface area contributed by atoms with Crippen molar-refractivity contribution in [2.24, 2.45) is 5.41 Å². The lowest BCUT2D eigenvalue weighted by Gasteiger charge is -2.15. The molecule has 3 heteroatoms. The van der Waals surface area contributed by atoms with Crippen LogP contribution >= 0.6 is 0 Å². The Balaban J connectivity index is 2.40. The van der Waals surface area contributed by atoms with Crippen LogP contribution < -0.4 is 10.1 Å². The Bertz CT molecular complexity index is 376. The number of hydrogen-bond donors (Lipinski definition) is 1. The van der Waals surface area contributed by atoms with Gasteiger partial charge in [0.05, 0.1) is 18.1 Å². The van der Waals surface area contributed by atoms with Gasteiger partial charge in [0, 0.05) is 13.1 Å². The van der Waals surface area contributed by atoms with E-state index in [1.807, 2.05) is 45.0 Å². The van der Waals surface area contributed by atoms with Crippen molar-refractivity contribution in [2.45, 2.75) is 27.3 Å². The lowest BCUT2D eigenvalue weighted by atomic mass is 9.96. The van der Waals surface area contributed by atoms with Crippen LogP contribution in [0.15, 0.2) is 24.3 Å². The minimum atomic E-state index is -0.314. The van der Waals surface area contributed by atoms with Gasteiger partial charge in [0.1, 0.15) is 5.75 Å². The fraction of sp³-hybridized carbons (Fsp3) is 0.500. The molecule has 0 amide bonds. The van der Waals surface area contributed by atoms with Crippen LogP contribution in [0.5, 0.6) is 5.75 Å². The van der Waals surface area contributed by atoms with E-state index in [2.05, 4.69) is 11.4 Å². The first-order valence-corrected chi connectivity index (χ1v) is 5.91. The van der Waals surface area contributed by atoms with Gasteiger partial charge < -0.3 is 10.1 Å². The summed E-state index contributed by atoms with van der Waals surface area (Å²) in [6, 6.07) is 10.3. The molecule has 0 bridgehead atoms. The van der Waals surface area contributed by atoms with E-state index in [1.54, 1.807) is 0 Å². The van der Waals surface area contributed by atoms with Gasteiger partial charge in [-0.05, 0) is 38.5 Å². The Labute approximate surface area is 103 Å². The van der Waals surface area contributed by atoms with Gasteiger partial charge in [0.2, 0.25) is 0 Å². The fourth-order valence-electron chi connectivity index (χ4n) is 1.43. The highest BCUT2D eigenvalue weighted by Gasteiger charge is 2.15. The minimum Gasteiger partial charge on any atom is -0.494 e. The first kappa shape index (κ1) is 13.5. The van der Waals surface area contributed by atoms with Crippen molar-refractivity contribution in [1.29, 1.82) is 5.26 Å². The zero-order valence-corrected chi connectivity index (χ0v) is 10.8. The molecule has 0 unspecified atom stereocenters. The molecule has 1 aromatic rings. The second kappa shape index (κ2) is 6.27. The second-order valence-electron chi connectivity index (χ2n) is 4.68. The van der Waals surface area contributed by atoms with Crippen LogP contribution in [0.3, 0.4) is 0 Å². The number of hydrogen-bond acceptors (Lipinski definition) is 3. The molecule has 0 heterocycles. The van der Waals surface area contributed by atoms with Crippen molar-refractivity contribution in [3.8, 4) is 11.8 Å². The molecule has 92 valence electrons. The van der Waals surface area contributed by atoms with Gasteiger partial charge >= 0.3 is 0 Å². The summed E-state index contributed by atoms with van der Waals surface area (Å²) >= 11 is 0. The van der Waals surface area contributed by atoms with Crippen LogP contribution in [0, 0.1) is 16.7 Å².